The van der Waals surface area contributed by atoms with E-state index in [1.54, 1.807) is 11.8 Å². The molecule has 2 aromatic rings. The van der Waals surface area contributed by atoms with Crippen molar-refractivity contribution in [2.45, 2.75) is 4.90 Å². The molecule has 0 aliphatic carbocycles. The molecule has 0 spiro atoms. The molecular weight excluding hydrogens is 365 g/mol. The van der Waals surface area contributed by atoms with Gasteiger partial charge in [-0.2, -0.15) is 0 Å². The number of hydrogen-bond acceptors (Lipinski definition) is 1. The van der Waals surface area contributed by atoms with E-state index in [0.29, 0.717) is 15.6 Å². The van der Waals surface area contributed by atoms with Crippen molar-refractivity contribution >= 4 is 69.8 Å². The van der Waals surface area contributed by atoms with Gasteiger partial charge in [0.1, 0.15) is 0 Å². The Morgan fingerprint density at radius 1 is 0.789 bits per heavy atom. The van der Waals surface area contributed by atoms with Crippen LogP contribution in [-0.4, -0.2) is 6.26 Å². The van der Waals surface area contributed by atoms with Crippen molar-refractivity contribution < 1.29 is 0 Å². The smallest absolute Gasteiger partial charge is 0.0809 e. The lowest BCUT2D eigenvalue weighted by Gasteiger charge is -2.13. The third-order valence-corrected chi connectivity index (χ3v) is 5.57. The summed E-state index contributed by atoms with van der Waals surface area (Å²) >= 11 is 32.2. The van der Waals surface area contributed by atoms with Crippen molar-refractivity contribution in [2.75, 3.05) is 6.26 Å². The minimum Gasteiger partial charge on any atom is -0.130 e. The van der Waals surface area contributed by atoms with Crippen molar-refractivity contribution in [1.29, 1.82) is 0 Å². The van der Waals surface area contributed by atoms with Gasteiger partial charge >= 0.3 is 0 Å². The molecule has 100 valence electrons. The zero-order chi connectivity index (χ0) is 14.2. The van der Waals surface area contributed by atoms with Crippen LogP contribution in [0.15, 0.2) is 29.2 Å². The van der Waals surface area contributed by atoms with E-state index in [0.717, 1.165) is 10.5 Å². The molecule has 0 saturated heterocycles. The lowest BCUT2D eigenvalue weighted by Crippen LogP contribution is -1.87. The highest BCUT2D eigenvalue weighted by Gasteiger charge is 2.20. The fourth-order valence-electron chi connectivity index (χ4n) is 1.64. The van der Waals surface area contributed by atoms with E-state index in [1.807, 2.05) is 30.5 Å². The van der Waals surface area contributed by atoms with E-state index in [-0.39, 0.29) is 15.1 Å². The fraction of sp³-hybridized carbons (Fsp3) is 0.0769. The first-order valence-corrected chi connectivity index (χ1v) is 8.24. The summed E-state index contributed by atoms with van der Waals surface area (Å²) in [6.45, 7) is 0. The Hall–Kier alpha value is 0.240. The average molecular weight is 373 g/mol. The Morgan fingerprint density at radius 3 is 1.84 bits per heavy atom. The average Bonchev–Trinajstić information content (AvgIpc) is 2.43. The fourth-order valence-corrected chi connectivity index (χ4v) is 3.45. The van der Waals surface area contributed by atoms with Gasteiger partial charge in [-0.05, 0) is 24.0 Å². The van der Waals surface area contributed by atoms with Gasteiger partial charge in [-0.3, -0.25) is 0 Å². The topological polar surface area (TPSA) is 0 Å². The molecule has 0 atom stereocenters. The van der Waals surface area contributed by atoms with Gasteiger partial charge in [0.15, 0.2) is 0 Å². The summed E-state index contributed by atoms with van der Waals surface area (Å²) in [4.78, 5) is 1.09. The number of rotatable bonds is 2. The van der Waals surface area contributed by atoms with E-state index in [1.165, 1.54) is 0 Å². The molecule has 0 radical (unpaired) electrons. The number of halogens is 5. The quantitative estimate of drug-likeness (QED) is 0.302. The molecule has 0 aliphatic heterocycles. The van der Waals surface area contributed by atoms with Crippen LogP contribution < -0.4 is 0 Å². The number of hydrogen-bond donors (Lipinski definition) is 0. The van der Waals surface area contributed by atoms with Crippen LogP contribution in [0.1, 0.15) is 0 Å². The van der Waals surface area contributed by atoms with Crippen molar-refractivity contribution in [3.8, 4) is 11.1 Å². The summed E-state index contributed by atoms with van der Waals surface area (Å²) < 4.78 is 0. The Balaban J connectivity index is 2.75. The molecule has 6 heteroatoms. The van der Waals surface area contributed by atoms with Gasteiger partial charge in [0.2, 0.25) is 0 Å². The minimum atomic E-state index is 0.170. The predicted molar refractivity (Wildman–Crippen MR) is 88.7 cm³/mol. The van der Waals surface area contributed by atoms with Crippen LogP contribution in [0.25, 0.3) is 11.1 Å². The maximum atomic E-state index is 6.24. The molecular formula is C13H7Cl5S. The third kappa shape index (κ3) is 2.97. The van der Waals surface area contributed by atoms with E-state index in [9.17, 15) is 0 Å². The van der Waals surface area contributed by atoms with Crippen LogP contribution in [0.4, 0.5) is 0 Å². The summed E-state index contributed by atoms with van der Waals surface area (Å²) in [5.74, 6) is 0. The summed E-state index contributed by atoms with van der Waals surface area (Å²) in [5, 5.41) is 1.20. The first kappa shape index (κ1) is 15.6. The van der Waals surface area contributed by atoms with Gasteiger partial charge in [0.05, 0.1) is 25.1 Å². The maximum Gasteiger partial charge on any atom is 0.0809 e. The van der Waals surface area contributed by atoms with E-state index in [4.69, 9.17) is 58.0 Å². The zero-order valence-corrected chi connectivity index (χ0v) is 14.2. The highest BCUT2D eigenvalue weighted by Crippen LogP contribution is 2.48. The molecule has 0 amide bonds. The molecule has 0 bridgehead atoms. The van der Waals surface area contributed by atoms with Crippen LogP contribution in [0, 0.1) is 0 Å². The molecule has 0 saturated carbocycles. The largest absolute Gasteiger partial charge is 0.130 e. The summed E-state index contributed by atoms with van der Waals surface area (Å²) in [6, 6.07) is 7.78. The van der Waals surface area contributed by atoms with Gasteiger partial charge < -0.3 is 0 Å². The molecule has 19 heavy (non-hydrogen) atoms. The second-order valence-electron chi connectivity index (χ2n) is 3.68. The van der Waals surface area contributed by atoms with Gasteiger partial charge in [-0.15, -0.1) is 11.8 Å². The van der Waals surface area contributed by atoms with Crippen LogP contribution in [-0.2, 0) is 0 Å². The standard InChI is InChI=1S/C13H7Cl5S/c1-19-7-4-2-3-6(5-7)8-9(14)11(16)13(18)12(17)10(8)15/h2-5H,1H3. The van der Waals surface area contributed by atoms with E-state index < -0.39 is 0 Å². The normalized spacial score (nSPS) is 10.8. The van der Waals surface area contributed by atoms with Crippen molar-refractivity contribution in [1.82, 2.24) is 0 Å². The molecule has 0 nitrogen and oxygen atoms in total. The molecule has 0 heterocycles. The van der Waals surface area contributed by atoms with E-state index >= 15 is 0 Å². The molecule has 0 fully saturated rings. The molecule has 2 aromatic carbocycles. The van der Waals surface area contributed by atoms with E-state index in [2.05, 4.69) is 0 Å². The Labute approximate surface area is 140 Å². The van der Waals surface area contributed by atoms with Crippen LogP contribution in [0.3, 0.4) is 0 Å². The van der Waals surface area contributed by atoms with Gasteiger partial charge in [-0.25, -0.2) is 0 Å². The number of thioether (sulfide) groups is 1. The second kappa shape index (κ2) is 6.34. The Kier molecular flexibility index (Phi) is 5.21. The molecule has 0 aliphatic rings. The second-order valence-corrected chi connectivity index (χ2v) is 6.45. The monoisotopic (exact) mass is 370 g/mol. The third-order valence-electron chi connectivity index (χ3n) is 2.57. The predicted octanol–water partition coefficient (Wildman–Crippen LogP) is 7.34. The van der Waals surface area contributed by atoms with Gasteiger partial charge in [-0.1, -0.05) is 70.1 Å². The lowest BCUT2D eigenvalue weighted by molar-refractivity contribution is 1.46. The Bertz CT molecular complexity index is 610. The zero-order valence-electron chi connectivity index (χ0n) is 9.61. The highest BCUT2D eigenvalue weighted by molar-refractivity contribution is 7.98. The first-order valence-electron chi connectivity index (χ1n) is 5.13. The SMILES string of the molecule is CSc1cccc(-c2c(Cl)c(Cl)c(Cl)c(Cl)c2Cl)c1. The van der Waals surface area contributed by atoms with Crippen molar-refractivity contribution in [3.05, 3.63) is 49.4 Å². The van der Waals surface area contributed by atoms with Crippen molar-refractivity contribution in [2.24, 2.45) is 0 Å². The van der Waals surface area contributed by atoms with Crippen molar-refractivity contribution in [3.63, 3.8) is 0 Å². The van der Waals surface area contributed by atoms with Crippen LogP contribution >= 0.6 is 69.8 Å². The van der Waals surface area contributed by atoms with Gasteiger partial charge in [0.25, 0.3) is 0 Å². The molecule has 2 rings (SSSR count). The Morgan fingerprint density at radius 2 is 1.32 bits per heavy atom. The summed E-state index contributed by atoms with van der Waals surface area (Å²) in [6.07, 6.45) is 1.99. The summed E-state index contributed by atoms with van der Waals surface area (Å²) in [7, 11) is 0. The minimum absolute atomic E-state index is 0.170. The lowest BCUT2D eigenvalue weighted by atomic mass is 10.1. The highest BCUT2D eigenvalue weighted by atomic mass is 35.5. The molecule has 0 unspecified atom stereocenters. The summed E-state index contributed by atoms with van der Waals surface area (Å²) in [5.41, 5.74) is 1.45. The first-order chi connectivity index (χ1) is 8.97. The maximum absolute atomic E-state index is 6.24. The molecule has 0 N–H and O–H groups in total. The molecule has 0 aromatic heterocycles. The van der Waals surface area contributed by atoms with Crippen LogP contribution in [0.2, 0.25) is 25.1 Å². The number of benzene rings is 2. The van der Waals surface area contributed by atoms with Gasteiger partial charge in [0, 0.05) is 10.5 Å². The van der Waals surface area contributed by atoms with Crippen LogP contribution in [0.5, 0.6) is 0 Å².